The molecule has 0 aliphatic heterocycles. The Morgan fingerprint density at radius 3 is 2.67 bits per heavy atom. The Morgan fingerprint density at radius 2 is 1.80 bits per heavy atom. The number of halogens is 1. The predicted molar refractivity (Wildman–Crippen MR) is 124 cm³/mol. The molecule has 1 unspecified atom stereocenters. The van der Waals surface area contributed by atoms with E-state index in [-0.39, 0.29) is 12.0 Å². The van der Waals surface area contributed by atoms with Crippen LogP contribution in [0.2, 0.25) is 5.02 Å². The summed E-state index contributed by atoms with van der Waals surface area (Å²) >= 11 is 6.06. The van der Waals surface area contributed by atoms with E-state index in [1.54, 1.807) is 0 Å². The van der Waals surface area contributed by atoms with Crippen LogP contribution in [0.25, 0.3) is 10.9 Å². The molecule has 0 spiro atoms. The lowest BCUT2D eigenvalue weighted by Gasteiger charge is -2.27. The zero-order chi connectivity index (χ0) is 20.5. The Kier molecular flexibility index (Phi) is 5.01. The molecule has 0 bridgehead atoms. The SMILES string of the molecule is Nc1nc(NC2CCCc3ccccc32)c2c(Cc3ccc(Cl)cc3)cccc2n1. The predicted octanol–water partition coefficient (Wildman–Crippen LogP) is 5.95. The second kappa shape index (κ2) is 7.96. The fraction of sp³-hybridized carbons (Fsp3) is 0.200. The maximum atomic E-state index is 6.07. The minimum Gasteiger partial charge on any atom is -0.368 e. The van der Waals surface area contributed by atoms with Crippen molar-refractivity contribution in [2.75, 3.05) is 11.1 Å². The van der Waals surface area contributed by atoms with Gasteiger partial charge >= 0.3 is 0 Å². The highest BCUT2D eigenvalue weighted by Crippen LogP contribution is 2.35. The van der Waals surface area contributed by atoms with Crippen molar-refractivity contribution in [2.24, 2.45) is 0 Å². The Bertz CT molecular complexity index is 1200. The van der Waals surface area contributed by atoms with E-state index in [1.165, 1.54) is 22.3 Å². The largest absolute Gasteiger partial charge is 0.368 e. The molecule has 1 aliphatic rings. The molecule has 4 aromatic rings. The fourth-order valence-corrected chi connectivity index (χ4v) is 4.54. The van der Waals surface area contributed by atoms with E-state index in [9.17, 15) is 0 Å². The molecule has 3 N–H and O–H groups in total. The topological polar surface area (TPSA) is 63.8 Å². The van der Waals surface area contributed by atoms with Crippen LogP contribution in [0.4, 0.5) is 11.8 Å². The van der Waals surface area contributed by atoms with E-state index in [1.807, 2.05) is 24.3 Å². The molecule has 5 rings (SSSR count). The van der Waals surface area contributed by atoms with Gasteiger partial charge in [0.1, 0.15) is 5.82 Å². The molecule has 150 valence electrons. The molecule has 4 nitrogen and oxygen atoms in total. The zero-order valence-electron chi connectivity index (χ0n) is 16.6. The highest BCUT2D eigenvalue weighted by Gasteiger charge is 2.22. The van der Waals surface area contributed by atoms with Crippen LogP contribution >= 0.6 is 11.6 Å². The molecule has 30 heavy (non-hydrogen) atoms. The van der Waals surface area contributed by atoms with Crippen LogP contribution < -0.4 is 11.1 Å². The average Bonchev–Trinajstić information content (AvgIpc) is 2.75. The van der Waals surface area contributed by atoms with Crippen molar-refractivity contribution in [3.8, 4) is 0 Å². The second-order valence-electron chi connectivity index (χ2n) is 7.83. The molecule has 3 aromatic carbocycles. The first-order valence-corrected chi connectivity index (χ1v) is 10.7. The van der Waals surface area contributed by atoms with Crippen molar-refractivity contribution in [1.82, 2.24) is 9.97 Å². The van der Waals surface area contributed by atoms with E-state index >= 15 is 0 Å². The summed E-state index contributed by atoms with van der Waals surface area (Å²) in [5.41, 5.74) is 12.1. The molecule has 0 saturated carbocycles. The van der Waals surface area contributed by atoms with Gasteiger partial charge in [-0.05, 0) is 66.1 Å². The summed E-state index contributed by atoms with van der Waals surface area (Å²) < 4.78 is 0. The fourth-order valence-electron chi connectivity index (χ4n) is 4.41. The number of nitrogens with one attached hydrogen (secondary N) is 1. The van der Waals surface area contributed by atoms with Crippen molar-refractivity contribution in [3.63, 3.8) is 0 Å². The lowest BCUT2D eigenvalue weighted by Crippen LogP contribution is -2.18. The number of nitrogens with zero attached hydrogens (tertiary/aromatic N) is 2. The van der Waals surface area contributed by atoms with E-state index in [2.05, 4.69) is 57.7 Å². The van der Waals surface area contributed by atoms with Gasteiger partial charge in [-0.1, -0.05) is 60.1 Å². The molecule has 1 atom stereocenters. The minimum absolute atomic E-state index is 0.219. The number of fused-ring (bicyclic) bond motifs is 2. The van der Waals surface area contributed by atoms with Gasteiger partial charge in [-0.25, -0.2) is 4.98 Å². The van der Waals surface area contributed by atoms with Gasteiger partial charge in [-0.3, -0.25) is 0 Å². The van der Waals surface area contributed by atoms with Crippen molar-refractivity contribution in [3.05, 3.63) is 94.0 Å². The molecule has 0 saturated heterocycles. The number of hydrogen-bond donors (Lipinski definition) is 2. The summed E-state index contributed by atoms with van der Waals surface area (Å²) in [6, 6.07) is 23.0. The third-order valence-electron chi connectivity index (χ3n) is 5.82. The normalized spacial score (nSPS) is 15.7. The lowest BCUT2D eigenvalue weighted by atomic mass is 9.87. The summed E-state index contributed by atoms with van der Waals surface area (Å²) in [4.78, 5) is 9.11. The third-order valence-corrected chi connectivity index (χ3v) is 6.07. The average molecular weight is 415 g/mol. The van der Waals surface area contributed by atoms with Crippen LogP contribution in [-0.4, -0.2) is 9.97 Å². The molecule has 0 amide bonds. The van der Waals surface area contributed by atoms with Crippen molar-refractivity contribution in [2.45, 2.75) is 31.7 Å². The second-order valence-corrected chi connectivity index (χ2v) is 8.27. The quantitative estimate of drug-likeness (QED) is 0.433. The van der Waals surface area contributed by atoms with Gasteiger partial charge in [0, 0.05) is 10.4 Å². The van der Waals surface area contributed by atoms with Crippen molar-refractivity contribution < 1.29 is 0 Å². The molecule has 5 heteroatoms. The summed E-state index contributed by atoms with van der Waals surface area (Å²) in [5.74, 6) is 1.10. The number of benzene rings is 3. The third kappa shape index (κ3) is 3.71. The van der Waals surface area contributed by atoms with Crippen LogP contribution in [0.15, 0.2) is 66.7 Å². The number of anilines is 2. The standard InChI is InChI=1S/C25H23ClN4/c26-19-13-11-16(12-14-19)15-18-7-4-10-22-23(18)24(30-25(27)29-22)28-21-9-3-6-17-5-1-2-8-20(17)21/h1-2,4-5,7-8,10-14,21H,3,6,9,15H2,(H3,27,28,29,30). The number of aromatic nitrogens is 2. The van der Waals surface area contributed by atoms with Crippen LogP contribution in [0, 0.1) is 0 Å². The van der Waals surface area contributed by atoms with E-state index < -0.39 is 0 Å². The number of hydrogen-bond acceptors (Lipinski definition) is 4. The number of nitrogens with two attached hydrogens (primary N) is 1. The molecular weight excluding hydrogens is 392 g/mol. The maximum Gasteiger partial charge on any atom is 0.222 e. The first kappa shape index (κ1) is 18.9. The number of rotatable bonds is 4. The Balaban J connectivity index is 1.57. The molecule has 1 heterocycles. The number of nitrogen functional groups attached to an aromatic ring is 1. The Hall–Kier alpha value is -3.11. The smallest absolute Gasteiger partial charge is 0.222 e. The summed E-state index contributed by atoms with van der Waals surface area (Å²) in [5, 5.41) is 5.48. The summed E-state index contributed by atoms with van der Waals surface area (Å²) in [6.45, 7) is 0. The van der Waals surface area contributed by atoms with Gasteiger partial charge < -0.3 is 11.1 Å². The first-order chi connectivity index (χ1) is 14.7. The highest BCUT2D eigenvalue weighted by atomic mass is 35.5. The van der Waals surface area contributed by atoms with Gasteiger partial charge in [0.15, 0.2) is 0 Å². The summed E-state index contributed by atoms with van der Waals surface area (Å²) in [7, 11) is 0. The number of aryl methyl sites for hydroxylation is 1. The van der Waals surface area contributed by atoms with E-state index in [0.29, 0.717) is 0 Å². The van der Waals surface area contributed by atoms with Gasteiger partial charge in [0.2, 0.25) is 5.95 Å². The molecule has 1 aromatic heterocycles. The minimum atomic E-state index is 0.219. The van der Waals surface area contributed by atoms with E-state index in [4.69, 9.17) is 17.3 Å². The van der Waals surface area contributed by atoms with Gasteiger partial charge in [-0.2, -0.15) is 4.98 Å². The lowest BCUT2D eigenvalue weighted by molar-refractivity contribution is 0.599. The van der Waals surface area contributed by atoms with Gasteiger partial charge in [0.05, 0.1) is 11.6 Å². The van der Waals surface area contributed by atoms with E-state index in [0.717, 1.165) is 47.4 Å². The van der Waals surface area contributed by atoms with Crippen LogP contribution in [0.3, 0.4) is 0 Å². The van der Waals surface area contributed by atoms with Crippen molar-refractivity contribution in [1.29, 1.82) is 0 Å². The van der Waals surface area contributed by atoms with Gasteiger partial charge in [0.25, 0.3) is 0 Å². The van der Waals surface area contributed by atoms with Crippen LogP contribution in [0.5, 0.6) is 0 Å². The first-order valence-electron chi connectivity index (χ1n) is 10.3. The van der Waals surface area contributed by atoms with Gasteiger partial charge in [-0.15, -0.1) is 0 Å². The van der Waals surface area contributed by atoms with Crippen LogP contribution in [-0.2, 0) is 12.8 Å². The molecule has 1 aliphatic carbocycles. The maximum absolute atomic E-state index is 6.07. The molecular formula is C25H23ClN4. The monoisotopic (exact) mass is 414 g/mol. The van der Waals surface area contributed by atoms with Crippen molar-refractivity contribution >= 4 is 34.3 Å². The molecule has 0 fully saturated rings. The Labute approximate surface area is 181 Å². The summed E-state index contributed by atoms with van der Waals surface area (Å²) in [6.07, 6.45) is 4.13. The molecule has 0 radical (unpaired) electrons. The highest BCUT2D eigenvalue weighted by molar-refractivity contribution is 6.30. The van der Waals surface area contributed by atoms with Crippen LogP contribution in [0.1, 0.15) is 41.1 Å². The zero-order valence-corrected chi connectivity index (χ0v) is 17.4. The Morgan fingerprint density at radius 1 is 0.967 bits per heavy atom.